The van der Waals surface area contributed by atoms with E-state index in [0.717, 1.165) is 5.12 Å². The maximum atomic E-state index is 5.85. The van der Waals surface area contributed by atoms with E-state index in [0.29, 0.717) is 16.4 Å². The van der Waals surface area contributed by atoms with Gasteiger partial charge in [-0.15, -0.1) is 5.10 Å². The summed E-state index contributed by atoms with van der Waals surface area (Å²) < 4.78 is 0. The molecule has 1 aromatic rings. The number of rotatable bonds is 2. The molecule has 0 atom stereocenters. The van der Waals surface area contributed by atoms with Crippen molar-refractivity contribution in [2.24, 2.45) is 16.7 Å². The normalized spacial score (nSPS) is 11.5. The number of nitrogen functional groups attached to an aromatic ring is 1. The molecule has 0 aliphatic carbocycles. The number of aromatic nitrogens is 1. The van der Waals surface area contributed by atoms with E-state index in [4.69, 9.17) is 28.9 Å². The fraction of sp³-hybridized carbons (Fsp3) is 0.143. The Kier molecular flexibility index (Phi) is 3.10. The van der Waals surface area contributed by atoms with Crippen LogP contribution in [0.25, 0.3) is 0 Å². The third-order valence-electron chi connectivity index (χ3n) is 1.37. The predicted octanol–water partition coefficient (Wildman–Crippen LogP) is -0.257. The molecule has 7 heteroatoms. The van der Waals surface area contributed by atoms with Crippen molar-refractivity contribution in [1.82, 2.24) is 10.1 Å². The number of hydrazine groups is 1. The lowest BCUT2D eigenvalue weighted by atomic mass is 10.3. The molecule has 0 spiro atoms. The van der Waals surface area contributed by atoms with Crippen molar-refractivity contribution in [3.05, 3.63) is 23.0 Å². The van der Waals surface area contributed by atoms with Crippen LogP contribution in [0, 0.1) is 0 Å². The smallest absolute Gasteiger partial charge is 0.172 e. The molecule has 0 aliphatic rings. The molecule has 0 amide bonds. The Morgan fingerprint density at radius 1 is 1.64 bits per heavy atom. The minimum atomic E-state index is 0.139. The van der Waals surface area contributed by atoms with Crippen LogP contribution in [0.5, 0.6) is 0 Å². The number of amidine groups is 1. The van der Waals surface area contributed by atoms with Gasteiger partial charge in [0.1, 0.15) is 5.69 Å². The number of nitrogens with zero attached hydrogens (tertiary/aromatic N) is 3. The number of hydrazone groups is 1. The van der Waals surface area contributed by atoms with Crippen LogP contribution in [-0.2, 0) is 0 Å². The summed E-state index contributed by atoms with van der Waals surface area (Å²) in [5, 5.41) is 5.17. The molecule has 0 aliphatic heterocycles. The number of halogens is 1. The lowest BCUT2D eigenvalue weighted by molar-refractivity contribution is 0.371. The topological polar surface area (TPSA) is 107 Å². The van der Waals surface area contributed by atoms with Gasteiger partial charge >= 0.3 is 0 Å². The van der Waals surface area contributed by atoms with Gasteiger partial charge in [0, 0.05) is 7.05 Å². The van der Waals surface area contributed by atoms with Crippen molar-refractivity contribution in [2.45, 2.75) is 0 Å². The van der Waals surface area contributed by atoms with E-state index < -0.39 is 0 Å². The molecule has 1 rings (SSSR count). The molecule has 0 saturated heterocycles. The SMILES string of the molecule is CN(N)/N=C(\N)c1ncc(N)cc1Cl. The molecule has 1 aromatic heterocycles. The highest BCUT2D eigenvalue weighted by Crippen LogP contribution is 2.15. The maximum Gasteiger partial charge on any atom is 0.172 e. The van der Waals surface area contributed by atoms with Gasteiger partial charge in [0.15, 0.2) is 5.84 Å². The quantitative estimate of drug-likeness (QED) is 0.272. The summed E-state index contributed by atoms with van der Waals surface area (Å²) in [4.78, 5) is 3.94. The monoisotopic (exact) mass is 214 g/mol. The van der Waals surface area contributed by atoms with Gasteiger partial charge in [-0.05, 0) is 6.07 Å². The van der Waals surface area contributed by atoms with Gasteiger partial charge in [-0.1, -0.05) is 11.6 Å². The standard InChI is InChI=1S/C7H11ClN6/c1-14(11)13-7(10)6-5(8)2-4(9)3-12-6/h2-3H,9,11H2,1H3,(H2,10,13). The number of pyridine rings is 1. The Morgan fingerprint density at radius 2 is 2.29 bits per heavy atom. The molecule has 0 unspecified atom stereocenters. The van der Waals surface area contributed by atoms with Gasteiger partial charge in [-0.2, -0.15) is 0 Å². The van der Waals surface area contributed by atoms with E-state index in [9.17, 15) is 0 Å². The molecule has 0 aromatic carbocycles. The molecular formula is C7H11ClN6. The number of hydrogen-bond donors (Lipinski definition) is 3. The van der Waals surface area contributed by atoms with E-state index >= 15 is 0 Å². The highest BCUT2D eigenvalue weighted by molar-refractivity contribution is 6.33. The fourth-order valence-corrected chi connectivity index (χ4v) is 1.13. The summed E-state index contributed by atoms with van der Waals surface area (Å²) in [6.07, 6.45) is 1.44. The van der Waals surface area contributed by atoms with Gasteiger partial charge in [-0.3, -0.25) is 0 Å². The van der Waals surface area contributed by atoms with Crippen molar-refractivity contribution < 1.29 is 0 Å². The second-order valence-corrected chi connectivity index (χ2v) is 3.07. The van der Waals surface area contributed by atoms with Crippen molar-refractivity contribution in [2.75, 3.05) is 12.8 Å². The first-order chi connectivity index (χ1) is 6.50. The minimum Gasteiger partial charge on any atom is -0.397 e. The third kappa shape index (κ3) is 2.48. The van der Waals surface area contributed by atoms with E-state index in [1.54, 1.807) is 6.07 Å². The maximum absolute atomic E-state index is 5.85. The summed E-state index contributed by atoms with van der Waals surface area (Å²) >= 11 is 5.85. The van der Waals surface area contributed by atoms with Crippen LogP contribution in [0.3, 0.4) is 0 Å². The largest absolute Gasteiger partial charge is 0.397 e. The van der Waals surface area contributed by atoms with E-state index in [1.807, 2.05) is 0 Å². The van der Waals surface area contributed by atoms with E-state index in [1.165, 1.54) is 13.2 Å². The average Bonchev–Trinajstić information content (AvgIpc) is 2.01. The first-order valence-corrected chi connectivity index (χ1v) is 4.12. The molecule has 0 saturated carbocycles. The number of nitrogens with two attached hydrogens (primary N) is 3. The van der Waals surface area contributed by atoms with E-state index in [-0.39, 0.29) is 5.84 Å². The van der Waals surface area contributed by atoms with Crippen LogP contribution in [-0.4, -0.2) is 23.0 Å². The molecule has 0 fully saturated rings. The summed E-state index contributed by atoms with van der Waals surface area (Å²) in [5.74, 6) is 5.42. The second-order valence-electron chi connectivity index (χ2n) is 2.66. The van der Waals surface area contributed by atoms with Crippen molar-refractivity contribution >= 4 is 23.1 Å². The van der Waals surface area contributed by atoms with Gasteiger partial charge < -0.3 is 11.5 Å². The number of hydrogen-bond acceptors (Lipinski definition) is 5. The Bertz CT molecular complexity index is 361. The van der Waals surface area contributed by atoms with Crippen LogP contribution in [0.1, 0.15) is 5.69 Å². The predicted molar refractivity (Wildman–Crippen MR) is 56.3 cm³/mol. The molecule has 0 radical (unpaired) electrons. The lowest BCUT2D eigenvalue weighted by Gasteiger charge is -2.07. The zero-order valence-electron chi connectivity index (χ0n) is 7.61. The van der Waals surface area contributed by atoms with Crippen molar-refractivity contribution in [3.63, 3.8) is 0 Å². The van der Waals surface area contributed by atoms with Gasteiger partial charge in [0.05, 0.1) is 16.9 Å². The van der Waals surface area contributed by atoms with Crippen LogP contribution in [0.4, 0.5) is 5.69 Å². The first-order valence-electron chi connectivity index (χ1n) is 3.74. The molecule has 76 valence electrons. The molecule has 6 nitrogen and oxygen atoms in total. The lowest BCUT2D eigenvalue weighted by Crippen LogP contribution is -2.26. The molecule has 1 heterocycles. The van der Waals surface area contributed by atoms with Gasteiger partial charge in [0.25, 0.3) is 0 Å². The Hall–Kier alpha value is -1.53. The van der Waals surface area contributed by atoms with Gasteiger partial charge in [-0.25, -0.2) is 15.9 Å². The highest BCUT2D eigenvalue weighted by Gasteiger charge is 2.07. The highest BCUT2D eigenvalue weighted by atomic mass is 35.5. The van der Waals surface area contributed by atoms with Crippen LogP contribution >= 0.6 is 11.6 Å². The Morgan fingerprint density at radius 3 is 2.79 bits per heavy atom. The Labute approximate surface area is 86.3 Å². The molecule has 6 N–H and O–H groups in total. The zero-order valence-corrected chi connectivity index (χ0v) is 8.36. The number of anilines is 1. The molecule has 0 bridgehead atoms. The van der Waals surface area contributed by atoms with Crippen LogP contribution in [0.2, 0.25) is 5.02 Å². The fourth-order valence-electron chi connectivity index (χ4n) is 0.858. The summed E-state index contributed by atoms with van der Waals surface area (Å²) in [5.41, 5.74) is 11.9. The van der Waals surface area contributed by atoms with Crippen molar-refractivity contribution in [3.8, 4) is 0 Å². The summed E-state index contributed by atoms with van der Waals surface area (Å²) in [6.45, 7) is 0. The van der Waals surface area contributed by atoms with E-state index in [2.05, 4.69) is 10.1 Å². The summed E-state index contributed by atoms with van der Waals surface area (Å²) in [7, 11) is 1.54. The summed E-state index contributed by atoms with van der Waals surface area (Å²) in [6, 6.07) is 1.54. The Balaban J connectivity index is 3.07. The van der Waals surface area contributed by atoms with Crippen LogP contribution in [0.15, 0.2) is 17.4 Å². The van der Waals surface area contributed by atoms with Crippen molar-refractivity contribution in [1.29, 1.82) is 0 Å². The second kappa shape index (κ2) is 4.12. The molecule has 14 heavy (non-hydrogen) atoms. The first kappa shape index (κ1) is 10.6. The third-order valence-corrected chi connectivity index (χ3v) is 1.66. The average molecular weight is 215 g/mol. The molecular weight excluding hydrogens is 204 g/mol. The zero-order chi connectivity index (χ0) is 10.7. The van der Waals surface area contributed by atoms with Crippen LogP contribution < -0.4 is 17.3 Å². The minimum absolute atomic E-state index is 0.139. The van der Waals surface area contributed by atoms with Gasteiger partial charge in [0.2, 0.25) is 0 Å².